The fraction of sp³-hybridized carbons (Fsp3) is 0.0159. The summed E-state index contributed by atoms with van der Waals surface area (Å²) in [6, 6.07) is 180. The Labute approximate surface area is 788 Å². The molecule has 0 aromatic heterocycles. The number of hydrogen-bond acceptors (Lipinski definition) is 0. The van der Waals surface area contributed by atoms with E-state index in [1.165, 1.54) is 230 Å². The van der Waals surface area contributed by atoms with E-state index in [1.54, 1.807) is 17.6 Å². The average molecular weight is 1890 g/mol. The van der Waals surface area contributed by atoms with Crippen LogP contribution in [0.1, 0.15) is 44.5 Å². The molecule has 4 aliphatic rings. The minimum absolute atomic E-state index is 0.529. The first-order chi connectivity index (χ1) is 64.4. The zero-order valence-corrected chi connectivity index (χ0v) is 86.8. The van der Waals surface area contributed by atoms with Crippen LogP contribution in [0.5, 0.6) is 0 Å². The molecule has 608 valence electrons. The van der Waals surface area contributed by atoms with Crippen molar-refractivity contribution >= 4 is 133 Å². The van der Waals surface area contributed by atoms with Crippen molar-refractivity contribution in [3.63, 3.8) is 0 Å². The van der Waals surface area contributed by atoms with Gasteiger partial charge in [-0.15, -0.1) is 0 Å². The van der Waals surface area contributed by atoms with E-state index >= 15 is 0 Å². The zero-order valence-electron chi connectivity index (χ0n) is 72.4. The maximum absolute atomic E-state index is 2.55. The molecular weight excluding hydrogens is 1800 g/mol. The van der Waals surface area contributed by atoms with Crippen molar-refractivity contribution in [1.29, 1.82) is 0 Å². The summed E-state index contributed by atoms with van der Waals surface area (Å²) in [5.41, 5.74) is 41.1. The van der Waals surface area contributed by atoms with E-state index in [-0.39, 0.29) is 0 Å². The molecule has 2 heterocycles. The van der Waals surface area contributed by atoms with Gasteiger partial charge >= 0.3 is 735 Å². The van der Waals surface area contributed by atoms with E-state index in [2.05, 4.69) is 473 Å². The molecule has 0 atom stereocenters. The number of benzene rings is 22. The summed E-state index contributed by atoms with van der Waals surface area (Å²) in [4.78, 5) is 0. The molecule has 130 heavy (non-hydrogen) atoms. The van der Waals surface area contributed by atoms with Crippen LogP contribution in [0.2, 0.25) is 0 Å². The first-order valence-corrected chi connectivity index (χ1v) is 55.9. The van der Waals surface area contributed by atoms with Crippen LogP contribution in [0, 0.1) is 0 Å². The van der Waals surface area contributed by atoms with Gasteiger partial charge in [-0.3, -0.25) is 0 Å². The van der Waals surface area contributed by atoms with Gasteiger partial charge in [0.2, 0.25) is 0 Å². The molecule has 2 aliphatic heterocycles. The van der Waals surface area contributed by atoms with Crippen LogP contribution in [0.3, 0.4) is 0 Å². The summed E-state index contributed by atoms with van der Waals surface area (Å²) in [6.45, 7) is 0. The van der Waals surface area contributed by atoms with Crippen molar-refractivity contribution in [2.24, 2.45) is 0 Å². The Morgan fingerprint density at radius 3 is 0.954 bits per heavy atom. The SMILES string of the molecule is [GeH3][c]1ccccc1-c1cccc(-c2cccc3c(-c4cccc5c4C(c4ccccc4)(c4ccccc4)c4ccccc4-5)c4cccc(-c5cccc6[c]5[GeH2][c]5ccccc5-6)c4cc23)c1.[GeH3][c]1ccccc1-c1ccccc1-c1cccc2c(-c3cccc4c3C(c3ccccc3)(c3ccccc3)c3ccccc3-4)c3cccc(-c4ccc[c]5c4-c4cccc[c]4[GeH2]5)c3cc12. The number of rotatable bonds is 12. The van der Waals surface area contributed by atoms with Crippen LogP contribution in [0.4, 0.5) is 0 Å². The van der Waals surface area contributed by atoms with Crippen LogP contribution in [-0.4, -0.2) is 63.9 Å². The first-order valence-electron chi connectivity index (χ1n) is 45.8. The molecule has 0 saturated heterocycles. The standard InChI is InChI=1S/2C63H44Ge2/c64-58-36-11-8-24-45(58)41-19-13-18-40(38-41)44-27-14-29-49-55(44)39-56-46(52-32-17-33-53-48-26-9-12-37-59(48)65-62(52)53)28-15-30-50(56)60(49)54-34-16-31-51-47-25-7-10-35-57(47)63(61(51)54,42-20-3-1-4-21-42)43-22-5-2-6-23-43;64-57-36-13-10-26-47(57)43-24-8-7-23-42(43)44-28-15-30-49-54(44)39-55-45(48-32-18-38-59-61(48)52-27-11-14-37-58(52)65-59)29-16-31-50(55)60(49)53-34-17-33-51-46-25-9-12-35-56(46)63(62(51)53,40-19-3-1-4-20-40)41-21-5-2-6-22-41/h2*1-39H,65H2,64H3. The maximum atomic E-state index is 2.55. The average Bonchev–Trinajstić information content (AvgIpc) is 1.51. The van der Waals surface area contributed by atoms with E-state index in [4.69, 9.17) is 0 Å². The Bertz CT molecular complexity index is 8300. The predicted octanol–water partition coefficient (Wildman–Crippen LogP) is 24.2. The summed E-state index contributed by atoms with van der Waals surface area (Å²) in [6.07, 6.45) is 0. The van der Waals surface area contributed by atoms with Gasteiger partial charge in [-0.1, -0.05) is 60.7 Å². The fourth-order valence-corrected chi connectivity index (χ4v) is 35.0. The molecule has 0 bridgehead atoms. The summed E-state index contributed by atoms with van der Waals surface area (Å²) in [7, 11) is 0. The second-order valence-electron chi connectivity index (χ2n) is 35.7. The molecule has 0 spiro atoms. The van der Waals surface area contributed by atoms with Gasteiger partial charge in [-0.25, -0.2) is 0 Å². The van der Waals surface area contributed by atoms with Crippen LogP contribution in [0.15, 0.2) is 473 Å². The molecule has 0 fully saturated rings. The third-order valence-electron chi connectivity index (χ3n) is 29.1. The Morgan fingerprint density at radius 2 is 0.462 bits per heavy atom. The van der Waals surface area contributed by atoms with Gasteiger partial charge in [0.25, 0.3) is 0 Å². The molecule has 0 saturated carbocycles. The summed E-state index contributed by atoms with van der Waals surface area (Å²) >= 11 is -1.29. The van der Waals surface area contributed by atoms with Gasteiger partial charge in [0.15, 0.2) is 0 Å². The summed E-state index contributed by atoms with van der Waals surface area (Å²) in [5.74, 6) is 0. The Morgan fingerprint density at radius 1 is 0.162 bits per heavy atom. The predicted molar refractivity (Wildman–Crippen MR) is 567 cm³/mol. The van der Waals surface area contributed by atoms with Gasteiger partial charge in [0.05, 0.1) is 0 Å². The summed E-state index contributed by atoms with van der Waals surface area (Å²) < 4.78 is 9.29. The van der Waals surface area contributed by atoms with Crippen molar-refractivity contribution in [2.45, 2.75) is 10.8 Å². The van der Waals surface area contributed by atoms with Crippen molar-refractivity contribution in [3.8, 4) is 134 Å². The molecule has 0 unspecified atom stereocenters. The van der Waals surface area contributed by atoms with Crippen molar-refractivity contribution < 1.29 is 0 Å². The van der Waals surface area contributed by atoms with E-state index in [0.717, 1.165) is 0 Å². The molecular formula is C126H88Ge4. The second kappa shape index (κ2) is 32.1. The van der Waals surface area contributed by atoms with Crippen LogP contribution in [0.25, 0.3) is 177 Å². The molecule has 0 N–H and O–H groups in total. The fourth-order valence-electron chi connectivity index (χ4n) is 23.7. The normalized spacial score (nSPS) is 13.5. The van der Waals surface area contributed by atoms with Gasteiger partial charge in [-0.05, 0) is 0 Å². The second-order valence-corrected chi connectivity index (χ2v) is 48.0. The molecule has 22 aromatic carbocycles. The third kappa shape index (κ3) is 12.2. The third-order valence-corrected chi connectivity index (χ3v) is 41.3. The van der Waals surface area contributed by atoms with Crippen molar-refractivity contribution in [3.05, 3.63) is 518 Å². The number of fused-ring (bicyclic) bond motifs is 16. The zero-order chi connectivity index (χ0) is 86.1. The molecule has 0 radical (unpaired) electrons. The van der Waals surface area contributed by atoms with Crippen molar-refractivity contribution in [1.82, 2.24) is 0 Å². The van der Waals surface area contributed by atoms with E-state index in [0.29, 0.717) is 33.0 Å². The van der Waals surface area contributed by atoms with Gasteiger partial charge in [0.1, 0.15) is 0 Å². The van der Waals surface area contributed by atoms with E-state index in [1.807, 2.05) is 0 Å². The van der Waals surface area contributed by atoms with E-state index in [9.17, 15) is 0 Å². The van der Waals surface area contributed by atoms with Crippen LogP contribution >= 0.6 is 0 Å². The first kappa shape index (κ1) is 78.3. The van der Waals surface area contributed by atoms with Gasteiger partial charge < -0.3 is 0 Å². The molecule has 26 rings (SSSR count). The minimum atomic E-state index is -1.26. The molecule has 0 amide bonds. The Hall–Kier alpha value is -13.9. The quantitative estimate of drug-likeness (QED) is 0.0845. The molecule has 2 aliphatic carbocycles. The van der Waals surface area contributed by atoms with E-state index < -0.39 is 41.7 Å². The van der Waals surface area contributed by atoms with Gasteiger partial charge in [0, 0.05) is 0 Å². The molecule has 4 heteroatoms. The van der Waals surface area contributed by atoms with Crippen LogP contribution < -0.4 is 26.4 Å². The summed E-state index contributed by atoms with van der Waals surface area (Å²) in [5, 5.41) is 10.2. The van der Waals surface area contributed by atoms with Gasteiger partial charge in [-0.2, -0.15) is 0 Å². The topological polar surface area (TPSA) is 0 Å². The monoisotopic (exact) mass is 1900 g/mol. The molecule has 0 nitrogen and oxygen atoms in total. The Kier molecular flexibility index (Phi) is 19.3. The Balaban J connectivity index is 0.000000140. The van der Waals surface area contributed by atoms with Crippen LogP contribution in [-0.2, 0) is 10.8 Å². The number of hydrogen-bond donors (Lipinski definition) is 0. The van der Waals surface area contributed by atoms with Crippen molar-refractivity contribution in [2.75, 3.05) is 0 Å². The molecule has 22 aromatic rings.